The van der Waals surface area contributed by atoms with Crippen LogP contribution in [0.3, 0.4) is 0 Å². The lowest BCUT2D eigenvalue weighted by Gasteiger charge is -2.33. The number of ether oxygens (including phenoxy) is 2. The Morgan fingerprint density at radius 3 is 2.94 bits per heavy atom. The van der Waals surface area contributed by atoms with Crippen molar-refractivity contribution in [1.82, 2.24) is 19.4 Å². The number of morpholine rings is 1. The molecule has 2 N–H and O–H groups in total. The van der Waals surface area contributed by atoms with Crippen LogP contribution in [0.15, 0.2) is 55.1 Å². The van der Waals surface area contributed by atoms with Crippen molar-refractivity contribution in [3.05, 3.63) is 60.7 Å². The van der Waals surface area contributed by atoms with Gasteiger partial charge < -0.3 is 29.2 Å². The second kappa shape index (κ2) is 8.92. The fraction of sp³-hybridized carbons (Fsp3) is 0.320. The molecule has 0 radical (unpaired) electrons. The number of hydrogen-bond acceptors (Lipinski definition) is 8. The van der Waals surface area contributed by atoms with E-state index in [1.54, 1.807) is 6.20 Å². The predicted molar refractivity (Wildman–Crippen MR) is 129 cm³/mol. The van der Waals surface area contributed by atoms with Crippen molar-refractivity contribution < 1.29 is 14.6 Å². The van der Waals surface area contributed by atoms with Gasteiger partial charge in [-0.2, -0.15) is 0 Å². The van der Waals surface area contributed by atoms with Crippen molar-refractivity contribution >= 4 is 22.8 Å². The maximum Gasteiger partial charge on any atom is 0.216 e. The third kappa shape index (κ3) is 4.04. The molecule has 0 bridgehead atoms. The molecular weight excluding hydrogens is 432 g/mol. The summed E-state index contributed by atoms with van der Waals surface area (Å²) in [4.78, 5) is 16.1. The Morgan fingerprint density at radius 1 is 1.15 bits per heavy atom. The molecule has 9 nitrogen and oxygen atoms in total. The van der Waals surface area contributed by atoms with E-state index in [-0.39, 0.29) is 12.7 Å². The Balaban J connectivity index is 1.28. The summed E-state index contributed by atoms with van der Waals surface area (Å²) in [6.45, 7) is 2.86. The molecule has 0 spiro atoms. The Labute approximate surface area is 197 Å². The molecule has 1 fully saturated rings. The molecule has 0 amide bonds. The summed E-state index contributed by atoms with van der Waals surface area (Å²) in [5, 5.41) is 12.8. The van der Waals surface area contributed by atoms with Gasteiger partial charge in [-0.3, -0.25) is 0 Å². The predicted octanol–water partition coefficient (Wildman–Crippen LogP) is 3.06. The molecule has 6 rings (SSSR count). The number of fused-ring (bicyclic) bond motifs is 2. The van der Waals surface area contributed by atoms with Crippen LogP contribution >= 0.6 is 0 Å². The Hall–Kier alpha value is -3.69. The van der Waals surface area contributed by atoms with Gasteiger partial charge in [-0.25, -0.2) is 15.0 Å². The Bertz CT molecular complexity index is 1310. The molecule has 4 aromatic rings. The van der Waals surface area contributed by atoms with Crippen LogP contribution in [0.1, 0.15) is 12.0 Å². The average molecular weight is 459 g/mol. The number of imidazole rings is 1. The highest BCUT2D eigenvalue weighted by molar-refractivity contribution is 5.74. The SMILES string of the molecule is OCC1CN(c2ccc(Nc3nc(-c4cnc5c(c4)CCCO5)cn4ccnc34)cc2)CCO1. The van der Waals surface area contributed by atoms with E-state index in [1.165, 1.54) is 0 Å². The molecular formula is C25H26N6O3. The number of hydrogen-bond donors (Lipinski definition) is 2. The van der Waals surface area contributed by atoms with Crippen LogP contribution in [0.4, 0.5) is 17.2 Å². The van der Waals surface area contributed by atoms with Gasteiger partial charge in [0.05, 0.1) is 31.6 Å². The van der Waals surface area contributed by atoms with Crippen LogP contribution in [0.25, 0.3) is 16.9 Å². The number of aryl methyl sites for hydroxylation is 1. The molecule has 1 unspecified atom stereocenters. The van der Waals surface area contributed by atoms with Crippen LogP contribution in [0, 0.1) is 0 Å². The maximum absolute atomic E-state index is 9.41. The summed E-state index contributed by atoms with van der Waals surface area (Å²) in [5.41, 5.74) is 5.65. The number of pyridine rings is 1. The molecule has 3 aromatic heterocycles. The lowest BCUT2D eigenvalue weighted by Crippen LogP contribution is -2.44. The summed E-state index contributed by atoms with van der Waals surface area (Å²) in [5.74, 6) is 1.40. The molecule has 0 aliphatic carbocycles. The molecule has 1 saturated heterocycles. The van der Waals surface area contributed by atoms with Crippen LogP contribution in [-0.4, -0.2) is 63.5 Å². The largest absolute Gasteiger partial charge is 0.477 e. The van der Waals surface area contributed by atoms with Crippen LogP contribution < -0.4 is 15.0 Å². The van der Waals surface area contributed by atoms with Gasteiger partial charge in [-0.05, 0) is 43.2 Å². The maximum atomic E-state index is 9.41. The molecule has 5 heterocycles. The molecule has 9 heteroatoms. The highest BCUT2D eigenvalue weighted by atomic mass is 16.5. The molecule has 2 aliphatic heterocycles. The van der Waals surface area contributed by atoms with Gasteiger partial charge in [0.2, 0.25) is 5.88 Å². The van der Waals surface area contributed by atoms with Crippen molar-refractivity contribution in [1.29, 1.82) is 0 Å². The average Bonchev–Trinajstić information content (AvgIpc) is 3.38. The van der Waals surface area contributed by atoms with Crippen molar-refractivity contribution in [3.63, 3.8) is 0 Å². The number of aliphatic hydroxyl groups excluding tert-OH is 1. The minimum absolute atomic E-state index is 0.0330. The fourth-order valence-electron chi connectivity index (χ4n) is 4.49. The molecule has 34 heavy (non-hydrogen) atoms. The van der Waals surface area contributed by atoms with E-state index in [2.05, 4.69) is 38.4 Å². The van der Waals surface area contributed by atoms with E-state index in [4.69, 9.17) is 14.5 Å². The first-order valence-electron chi connectivity index (χ1n) is 11.6. The van der Waals surface area contributed by atoms with Gasteiger partial charge in [-0.1, -0.05) is 0 Å². The van der Waals surface area contributed by atoms with Crippen molar-refractivity contribution in [2.24, 2.45) is 0 Å². The van der Waals surface area contributed by atoms with Gasteiger partial charge in [0, 0.05) is 60.4 Å². The number of aliphatic hydroxyl groups is 1. The Morgan fingerprint density at radius 2 is 2.06 bits per heavy atom. The van der Waals surface area contributed by atoms with E-state index >= 15 is 0 Å². The zero-order valence-corrected chi connectivity index (χ0v) is 18.7. The van der Waals surface area contributed by atoms with Crippen molar-refractivity contribution in [3.8, 4) is 17.1 Å². The first kappa shape index (κ1) is 20.9. The first-order valence-corrected chi connectivity index (χ1v) is 11.6. The zero-order valence-electron chi connectivity index (χ0n) is 18.7. The normalized spacial score (nSPS) is 17.9. The second-order valence-electron chi connectivity index (χ2n) is 8.57. The lowest BCUT2D eigenvalue weighted by molar-refractivity contribution is 0.00357. The third-order valence-corrected chi connectivity index (χ3v) is 6.26. The summed E-state index contributed by atoms with van der Waals surface area (Å²) < 4.78 is 13.2. The lowest BCUT2D eigenvalue weighted by atomic mass is 10.1. The van der Waals surface area contributed by atoms with E-state index in [9.17, 15) is 5.11 Å². The second-order valence-corrected chi connectivity index (χ2v) is 8.57. The topological polar surface area (TPSA) is 97.0 Å². The zero-order chi connectivity index (χ0) is 22.9. The third-order valence-electron chi connectivity index (χ3n) is 6.26. The van der Waals surface area contributed by atoms with Crippen LogP contribution in [0.2, 0.25) is 0 Å². The fourth-order valence-corrected chi connectivity index (χ4v) is 4.49. The van der Waals surface area contributed by atoms with Crippen LogP contribution in [-0.2, 0) is 11.2 Å². The number of aromatic nitrogens is 4. The van der Waals surface area contributed by atoms with E-state index < -0.39 is 0 Å². The smallest absolute Gasteiger partial charge is 0.216 e. The number of nitrogens with zero attached hydrogens (tertiary/aromatic N) is 5. The number of nitrogens with one attached hydrogen (secondary N) is 1. The van der Waals surface area contributed by atoms with Crippen LogP contribution in [0.5, 0.6) is 5.88 Å². The molecule has 174 valence electrons. The first-order chi connectivity index (χ1) is 16.8. The van der Waals surface area contributed by atoms with E-state index in [0.717, 1.165) is 65.7 Å². The van der Waals surface area contributed by atoms with Gasteiger partial charge in [0.15, 0.2) is 11.5 Å². The van der Waals surface area contributed by atoms with E-state index in [1.807, 2.05) is 35.1 Å². The minimum Gasteiger partial charge on any atom is -0.477 e. The van der Waals surface area contributed by atoms with Gasteiger partial charge >= 0.3 is 0 Å². The number of rotatable bonds is 5. The summed E-state index contributed by atoms with van der Waals surface area (Å²) in [6, 6.07) is 10.3. The summed E-state index contributed by atoms with van der Waals surface area (Å²) >= 11 is 0. The molecule has 0 saturated carbocycles. The molecule has 1 atom stereocenters. The summed E-state index contributed by atoms with van der Waals surface area (Å²) in [6.07, 6.45) is 9.29. The molecule has 2 aliphatic rings. The van der Waals surface area contributed by atoms with Gasteiger partial charge in [0.25, 0.3) is 0 Å². The monoisotopic (exact) mass is 458 g/mol. The summed E-state index contributed by atoms with van der Waals surface area (Å²) in [7, 11) is 0. The number of benzene rings is 1. The van der Waals surface area contributed by atoms with Gasteiger partial charge in [-0.15, -0.1) is 0 Å². The number of anilines is 3. The highest BCUT2D eigenvalue weighted by Gasteiger charge is 2.20. The van der Waals surface area contributed by atoms with Gasteiger partial charge in [0.1, 0.15) is 0 Å². The highest BCUT2D eigenvalue weighted by Crippen LogP contribution is 2.29. The molecule has 1 aromatic carbocycles. The quantitative estimate of drug-likeness (QED) is 0.471. The standard InChI is InChI=1S/C25H26N6O3/c32-16-21-14-30(9-11-33-21)20-5-3-19(4-6-20)28-23-24-26-7-8-31(24)15-22(29-23)18-12-17-2-1-10-34-25(17)27-13-18/h3-8,12-13,15,21,32H,1-2,9-11,14,16H2,(H,28,29). The van der Waals surface area contributed by atoms with Crippen molar-refractivity contribution in [2.75, 3.05) is 43.1 Å². The Kier molecular flexibility index (Phi) is 5.48. The van der Waals surface area contributed by atoms with Crippen molar-refractivity contribution in [2.45, 2.75) is 18.9 Å². The minimum atomic E-state index is -0.142. The van der Waals surface area contributed by atoms with E-state index in [0.29, 0.717) is 19.0 Å².